The van der Waals surface area contributed by atoms with Crippen molar-refractivity contribution < 1.29 is 9.32 Å². The molecule has 1 rings (SSSR count). The maximum absolute atomic E-state index is 11.4. The Balaban J connectivity index is 2.61. The van der Waals surface area contributed by atoms with Crippen molar-refractivity contribution in [3.8, 4) is 0 Å². The van der Waals surface area contributed by atoms with Crippen molar-refractivity contribution in [3.63, 3.8) is 0 Å². The van der Waals surface area contributed by atoms with Gasteiger partial charge in [0.25, 0.3) is 5.91 Å². The van der Waals surface area contributed by atoms with E-state index in [4.69, 9.17) is 5.73 Å². The van der Waals surface area contributed by atoms with Crippen molar-refractivity contribution in [1.82, 2.24) is 10.5 Å². The molecule has 0 radical (unpaired) electrons. The van der Waals surface area contributed by atoms with Gasteiger partial charge in [-0.05, 0) is 13.8 Å². The lowest BCUT2D eigenvalue weighted by Gasteiger charge is -2.23. The fraction of sp³-hybridized carbons (Fsp3) is 0.500. The third kappa shape index (κ3) is 2.55. The normalized spacial score (nSPS) is 11.3. The van der Waals surface area contributed by atoms with E-state index in [1.807, 2.05) is 13.8 Å². The van der Waals surface area contributed by atoms with Crippen molar-refractivity contribution in [2.45, 2.75) is 19.4 Å². The summed E-state index contributed by atoms with van der Waals surface area (Å²) >= 11 is 0. The summed E-state index contributed by atoms with van der Waals surface area (Å²) < 4.78 is 4.54. The highest BCUT2D eigenvalue weighted by Gasteiger charge is 2.20. The van der Waals surface area contributed by atoms with Crippen LogP contribution in [0.5, 0.6) is 0 Å². The molecule has 0 atom stereocenters. The number of nitrogens with two attached hydrogens (primary N) is 1. The van der Waals surface area contributed by atoms with Gasteiger partial charge in [0.1, 0.15) is 6.26 Å². The number of amides is 1. The Labute approximate surface area is 76.3 Å². The molecule has 1 heterocycles. The minimum atomic E-state index is -0.421. The highest BCUT2D eigenvalue weighted by molar-refractivity contribution is 5.92. The summed E-state index contributed by atoms with van der Waals surface area (Å²) in [5.41, 5.74) is 5.29. The van der Waals surface area contributed by atoms with Gasteiger partial charge in [-0.25, -0.2) is 0 Å². The zero-order valence-corrected chi connectivity index (χ0v) is 7.70. The summed E-state index contributed by atoms with van der Waals surface area (Å²) in [4.78, 5) is 11.4. The average Bonchev–Trinajstić information content (AvgIpc) is 2.55. The largest absolute Gasteiger partial charge is 0.364 e. The van der Waals surface area contributed by atoms with Crippen molar-refractivity contribution in [2.75, 3.05) is 6.54 Å². The van der Waals surface area contributed by atoms with Crippen LogP contribution in [0.15, 0.2) is 16.9 Å². The molecule has 0 fully saturated rings. The van der Waals surface area contributed by atoms with E-state index < -0.39 is 5.54 Å². The molecule has 0 aromatic carbocycles. The number of hydrogen-bond acceptors (Lipinski definition) is 4. The Morgan fingerprint density at radius 3 is 2.92 bits per heavy atom. The second kappa shape index (κ2) is 3.57. The quantitative estimate of drug-likeness (QED) is 0.698. The molecular formula is C8H13N3O2. The summed E-state index contributed by atoms with van der Waals surface area (Å²) in [6.45, 7) is 4.05. The van der Waals surface area contributed by atoms with Gasteiger partial charge in [-0.2, -0.15) is 0 Å². The lowest BCUT2D eigenvalue weighted by molar-refractivity contribution is 0.0906. The van der Waals surface area contributed by atoms with E-state index in [-0.39, 0.29) is 11.6 Å². The molecule has 5 heteroatoms. The molecule has 0 aliphatic heterocycles. The predicted octanol–water partition coefficient (Wildman–Crippen LogP) is 0.142. The van der Waals surface area contributed by atoms with Crippen LogP contribution in [0, 0.1) is 0 Å². The molecule has 1 aromatic heterocycles. The first-order chi connectivity index (χ1) is 6.05. The lowest BCUT2D eigenvalue weighted by atomic mass is 10.1. The van der Waals surface area contributed by atoms with Crippen molar-refractivity contribution >= 4 is 5.91 Å². The van der Waals surface area contributed by atoms with Gasteiger partial charge in [0.05, 0.1) is 0 Å². The molecule has 0 unspecified atom stereocenters. The molecule has 1 amide bonds. The molecule has 0 saturated heterocycles. The molecule has 1 aromatic rings. The Morgan fingerprint density at radius 2 is 2.46 bits per heavy atom. The summed E-state index contributed by atoms with van der Waals surface area (Å²) in [6, 6.07) is 1.50. The van der Waals surface area contributed by atoms with Gasteiger partial charge >= 0.3 is 0 Å². The summed E-state index contributed by atoms with van der Waals surface area (Å²) in [5, 5.41) is 6.23. The van der Waals surface area contributed by atoms with Crippen LogP contribution in [0.3, 0.4) is 0 Å². The molecule has 0 spiro atoms. The van der Waals surface area contributed by atoms with Crippen LogP contribution in [0.25, 0.3) is 0 Å². The van der Waals surface area contributed by atoms with Crippen LogP contribution in [0.1, 0.15) is 24.3 Å². The molecule has 3 N–H and O–H groups in total. The Morgan fingerprint density at radius 1 is 1.77 bits per heavy atom. The molecule has 5 nitrogen and oxygen atoms in total. The lowest BCUT2D eigenvalue weighted by Crippen LogP contribution is -2.48. The number of carbonyl (C=O) groups excluding carboxylic acids is 1. The molecule has 0 saturated carbocycles. The molecule has 72 valence electrons. The average molecular weight is 183 g/mol. The monoisotopic (exact) mass is 183 g/mol. The predicted molar refractivity (Wildman–Crippen MR) is 47.1 cm³/mol. The number of nitrogens with zero attached hydrogens (tertiary/aromatic N) is 1. The van der Waals surface area contributed by atoms with Gasteiger partial charge in [-0.1, -0.05) is 5.16 Å². The second-order valence-corrected chi connectivity index (χ2v) is 3.43. The van der Waals surface area contributed by atoms with Gasteiger partial charge in [-0.15, -0.1) is 0 Å². The van der Waals surface area contributed by atoms with Gasteiger partial charge in [0.15, 0.2) is 5.69 Å². The van der Waals surface area contributed by atoms with Crippen LogP contribution in [0.4, 0.5) is 0 Å². The van der Waals surface area contributed by atoms with E-state index in [1.54, 1.807) is 0 Å². The maximum Gasteiger partial charge on any atom is 0.273 e. The third-order valence-corrected chi connectivity index (χ3v) is 1.63. The third-order valence-electron chi connectivity index (χ3n) is 1.63. The standard InChI is InChI=1S/C8H13N3O2/c1-8(2,5-9)10-7(12)6-3-4-13-11-6/h3-4H,5,9H2,1-2H3,(H,10,12). The molecule has 0 aliphatic rings. The zero-order chi connectivity index (χ0) is 9.90. The number of carbonyl (C=O) groups is 1. The van der Waals surface area contributed by atoms with E-state index in [0.717, 1.165) is 0 Å². The molecular weight excluding hydrogens is 170 g/mol. The SMILES string of the molecule is CC(C)(CN)NC(=O)c1ccon1. The van der Waals surface area contributed by atoms with E-state index in [0.29, 0.717) is 6.54 Å². The van der Waals surface area contributed by atoms with Crippen LogP contribution >= 0.6 is 0 Å². The number of nitrogens with one attached hydrogen (secondary N) is 1. The minimum Gasteiger partial charge on any atom is -0.364 e. The number of aromatic nitrogens is 1. The van der Waals surface area contributed by atoms with Crippen LogP contribution in [-0.2, 0) is 0 Å². The van der Waals surface area contributed by atoms with Crippen molar-refractivity contribution in [1.29, 1.82) is 0 Å². The molecule has 13 heavy (non-hydrogen) atoms. The van der Waals surface area contributed by atoms with E-state index in [2.05, 4.69) is 15.0 Å². The van der Waals surface area contributed by atoms with Gasteiger partial charge in [0, 0.05) is 18.2 Å². The first kappa shape index (κ1) is 9.73. The van der Waals surface area contributed by atoms with Gasteiger partial charge < -0.3 is 15.6 Å². The Kier molecular flexibility index (Phi) is 2.67. The van der Waals surface area contributed by atoms with Gasteiger partial charge in [0.2, 0.25) is 0 Å². The topological polar surface area (TPSA) is 81.1 Å². The van der Waals surface area contributed by atoms with E-state index >= 15 is 0 Å². The highest BCUT2D eigenvalue weighted by atomic mass is 16.5. The summed E-state index contributed by atoms with van der Waals surface area (Å²) in [6.07, 6.45) is 1.35. The maximum atomic E-state index is 11.4. The molecule has 0 aliphatic carbocycles. The fourth-order valence-corrected chi connectivity index (χ4v) is 0.752. The summed E-state index contributed by atoms with van der Waals surface area (Å²) in [7, 11) is 0. The Hall–Kier alpha value is -1.36. The summed E-state index contributed by atoms with van der Waals surface area (Å²) in [5.74, 6) is -0.274. The van der Waals surface area contributed by atoms with E-state index in [1.165, 1.54) is 12.3 Å². The smallest absolute Gasteiger partial charge is 0.273 e. The zero-order valence-electron chi connectivity index (χ0n) is 7.70. The first-order valence-electron chi connectivity index (χ1n) is 3.98. The first-order valence-corrected chi connectivity index (χ1v) is 3.98. The van der Waals surface area contributed by atoms with E-state index in [9.17, 15) is 4.79 Å². The Bertz CT molecular complexity index is 280. The van der Waals surface area contributed by atoms with Crippen LogP contribution in [0.2, 0.25) is 0 Å². The highest BCUT2D eigenvalue weighted by Crippen LogP contribution is 2.01. The fourth-order valence-electron chi connectivity index (χ4n) is 0.752. The van der Waals surface area contributed by atoms with Crippen LogP contribution in [-0.4, -0.2) is 23.1 Å². The molecule has 0 bridgehead atoms. The minimum absolute atomic E-state index is 0.265. The van der Waals surface area contributed by atoms with Gasteiger partial charge in [-0.3, -0.25) is 4.79 Å². The number of rotatable bonds is 3. The second-order valence-electron chi connectivity index (χ2n) is 3.43. The van der Waals surface area contributed by atoms with Crippen LogP contribution < -0.4 is 11.1 Å². The number of hydrogen-bond donors (Lipinski definition) is 2. The van der Waals surface area contributed by atoms with Crippen molar-refractivity contribution in [2.24, 2.45) is 5.73 Å². The van der Waals surface area contributed by atoms with Crippen molar-refractivity contribution in [3.05, 3.63) is 18.0 Å².